The summed E-state index contributed by atoms with van der Waals surface area (Å²) in [6.07, 6.45) is 3.88. The number of aliphatic hydroxyl groups excluding tert-OH is 1. The summed E-state index contributed by atoms with van der Waals surface area (Å²) in [4.78, 5) is 14.7. The summed E-state index contributed by atoms with van der Waals surface area (Å²) < 4.78 is 6.77. The Morgan fingerprint density at radius 3 is 3.09 bits per heavy atom. The number of carbonyl (C=O) groups is 1. The van der Waals surface area contributed by atoms with Crippen molar-refractivity contribution in [2.45, 2.75) is 32.0 Å². The van der Waals surface area contributed by atoms with Crippen molar-refractivity contribution in [1.29, 1.82) is 0 Å². The third kappa shape index (κ3) is 3.70. The number of rotatable bonds is 7. The fraction of sp³-hybridized carbons (Fsp3) is 0.800. The number of amides is 1. The van der Waals surface area contributed by atoms with E-state index in [0.717, 1.165) is 32.5 Å². The van der Waals surface area contributed by atoms with Crippen LogP contribution >= 0.6 is 0 Å². The summed E-state index contributed by atoms with van der Waals surface area (Å²) in [5, 5.41) is 20.0. The molecule has 0 aliphatic carbocycles. The van der Waals surface area contributed by atoms with Crippen LogP contribution in [0.5, 0.6) is 0 Å². The molecular formula is C15H25N5O3. The van der Waals surface area contributed by atoms with E-state index in [9.17, 15) is 4.79 Å². The molecule has 1 aromatic rings. The van der Waals surface area contributed by atoms with E-state index in [4.69, 9.17) is 9.84 Å². The Balaban J connectivity index is 1.55. The van der Waals surface area contributed by atoms with Crippen molar-refractivity contribution >= 4 is 5.91 Å². The smallest absolute Gasteiger partial charge is 0.224 e. The summed E-state index contributed by atoms with van der Waals surface area (Å²) in [5.74, 6) is 0.674. The second-order valence-electron chi connectivity index (χ2n) is 6.41. The SMILES string of the molecule is COCCNC(=O)[C@@H]1CN2CC[C@H]1C[C@@H]2Cn1cc(CO)nn1. The number of hydrogen-bond acceptors (Lipinski definition) is 6. The highest BCUT2D eigenvalue weighted by Gasteiger charge is 2.43. The van der Waals surface area contributed by atoms with Crippen LogP contribution in [0.25, 0.3) is 0 Å². The first kappa shape index (κ1) is 16.4. The number of aromatic nitrogens is 3. The maximum atomic E-state index is 12.3. The molecule has 1 amide bonds. The Bertz CT molecular complexity index is 535. The van der Waals surface area contributed by atoms with Gasteiger partial charge in [-0.15, -0.1) is 5.10 Å². The molecule has 4 atom stereocenters. The molecule has 2 N–H and O–H groups in total. The first-order chi connectivity index (χ1) is 11.2. The normalized spacial score (nSPS) is 29.7. The zero-order valence-corrected chi connectivity index (χ0v) is 13.5. The average Bonchev–Trinajstić information content (AvgIpc) is 3.03. The molecular weight excluding hydrogens is 298 g/mol. The Labute approximate surface area is 135 Å². The second kappa shape index (κ2) is 7.37. The number of aliphatic hydroxyl groups is 1. The third-order valence-electron chi connectivity index (χ3n) is 4.97. The summed E-state index contributed by atoms with van der Waals surface area (Å²) in [7, 11) is 1.64. The van der Waals surface area contributed by atoms with Gasteiger partial charge < -0.3 is 15.2 Å². The summed E-state index contributed by atoms with van der Waals surface area (Å²) in [5.41, 5.74) is 0.594. The summed E-state index contributed by atoms with van der Waals surface area (Å²) in [6.45, 7) is 3.66. The number of nitrogens with one attached hydrogen (secondary N) is 1. The molecule has 3 aliphatic rings. The van der Waals surface area contributed by atoms with Crippen molar-refractivity contribution in [2.75, 3.05) is 33.4 Å². The van der Waals surface area contributed by atoms with Gasteiger partial charge in [0.1, 0.15) is 5.69 Å². The Hall–Kier alpha value is -1.51. The molecule has 0 radical (unpaired) electrons. The lowest BCUT2D eigenvalue weighted by atomic mass is 9.75. The zero-order valence-electron chi connectivity index (χ0n) is 13.5. The molecule has 0 aromatic carbocycles. The van der Waals surface area contributed by atoms with Gasteiger partial charge in [-0.1, -0.05) is 5.21 Å². The van der Waals surface area contributed by atoms with Gasteiger partial charge in [-0.05, 0) is 25.3 Å². The Morgan fingerprint density at radius 2 is 2.43 bits per heavy atom. The number of methoxy groups -OCH3 is 1. The molecule has 1 aromatic heterocycles. The lowest BCUT2D eigenvalue weighted by molar-refractivity contribution is -0.133. The van der Waals surface area contributed by atoms with E-state index in [2.05, 4.69) is 20.5 Å². The molecule has 0 spiro atoms. The fourth-order valence-corrected chi connectivity index (χ4v) is 3.75. The zero-order chi connectivity index (χ0) is 16.2. The van der Waals surface area contributed by atoms with Crippen molar-refractivity contribution in [3.63, 3.8) is 0 Å². The first-order valence-corrected chi connectivity index (χ1v) is 8.21. The number of hydrogen-bond donors (Lipinski definition) is 2. The van der Waals surface area contributed by atoms with E-state index in [0.29, 0.717) is 30.8 Å². The minimum absolute atomic E-state index is 0.0826. The van der Waals surface area contributed by atoms with Gasteiger partial charge in [-0.3, -0.25) is 14.4 Å². The van der Waals surface area contributed by atoms with Gasteiger partial charge >= 0.3 is 0 Å². The molecule has 8 heteroatoms. The number of fused-ring (bicyclic) bond motifs is 3. The maximum absolute atomic E-state index is 12.3. The predicted molar refractivity (Wildman–Crippen MR) is 82.4 cm³/mol. The van der Waals surface area contributed by atoms with Gasteiger partial charge in [0.05, 0.1) is 31.9 Å². The molecule has 3 saturated heterocycles. The molecule has 0 saturated carbocycles. The monoisotopic (exact) mass is 323 g/mol. The van der Waals surface area contributed by atoms with Crippen LogP contribution in [-0.2, 0) is 22.7 Å². The Morgan fingerprint density at radius 1 is 1.57 bits per heavy atom. The average molecular weight is 323 g/mol. The largest absolute Gasteiger partial charge is 0.390 e. The Kier molecular flexibility index (Phi) is 5.24. The highest BCUT2D eigenvalue weighted by Crippen LogP contribution is 2.36. The van der Waals surface area contributed by atoms with E-state index in [-0.39, 0.29) is 18.4 Å². The van der Waals surface area contributed by atoms with Crippen molar-refractivity contribution in [3.05, 3.63) is 11.9 Å². The van der Waals surface area contributed by atoms with Crippen LogP contribution in [0.4, 0.5) is 0 Å². The molecule has 4 heterocycles. The standard InChI is InChI=1S/C15H25N5O3/c1-23-5-3-16-15(22)14-9-19-4-2-11(14)6-13(19)8-20-7-12(10-21)17-18-20/h7,11,13-14,21H,2-6,8-10H2,1H3,(H,16,22)/t11-,13+,14+/m0/s1. The van der Waals surface area contributed by atoms with Gasteiger partial charge in [-0.25, -0.2) is 0 Å². The highest BCUT2D eigenvalue weighted by molar-refractivity contribution is 5.79. The maximum Gasteiger partial charge on any atom is 0.224 e. The van der Waals surface area contributed by atoms with E-state index in [1.807, 2.05) is 0 Å². The molecule has 128 valence electrons. The van der Waals surface area contributed by atoms with Crippen LogP contribution in [0.15, 0.2) is 6.20 Å². The second-order valence-corrected chi connectivity index (χ2v) is 6.41. The van der Waals surface area contributed by atoms with Gasteiger partial charge in [0.2, 0.25) is 5.91 Å². The van der Waals surface area contributed by atoms with Crippen LogP contribution in [0.3, 0.4) is 0 Å². The number of nitrogens with zero attached hydrogens (tertiary/aromatic N) is 4. The van der Waals surface area contributed by atoms with Crippen molar-refractivity contribution in [2.24, 2.45) is 11.8 Å². The van der Waals surface area contributed by atoms with Crippen LogP contribution in [-0.4, -0.2) is 70.3 Å². The number of piperidine rings is 3. The van der Waals surface area contributed by atoms with E-state index in [1.165, 1.54) is 0 Å². The topological polar surface area (TPSA) is 92.5 Å². The molecule has 4 rings (SSSR count). The third-order valence-corrected chi connectivity index (χ3v) is 4.97. The number of carbonyl (C=O) groups excluding carboxylic acids is 1. The van der Waals surface area contributed by atoms with Crippen LogP contribution in [0.1, 0.15) is 18.5 Å². The van der Waals surface area contributed by atoms with Crippen LogP contribution < -0.4 is 5.32 Å². The van der Waals surface area contributed by atoms with Crippen LogP contribution in [0.2, 0.25) is 0 Å². The summed E-state index contributed by atoms with van der Waals surface area (Å²) in [6, 6.07) is 0.394. The highest BCUT2D eigenvalue weighted by atomic mass is 16.5. The molecule has 3 fully saturated rings. The van der Waals surface area contributed by atoms with E-state index in [1.54, 1.807) is 18.0 Å². The molecule has 8 nitrogen and oxygen atoms in total. The number of ether oxygens (including phenoxy) is 1. The van der Waals surface area contributed by atoms with Crippen molar-refractivity contribution < 1.29 is 14.6 Å². The fourth-order valence-electron chi connectivity index (χ4n) is 3.75. The molecule has 2 bridgehead atoms. The molecule has 23 heavy (non-hydrogen) atoms. The lowest BCUT2D eigenvalue weighted by Gasteiger charge is -2.49. The minimum atomic E-state index is -0.0826. The van der Waals surface area contributed by atoms with Gasteiger partial charge in [0.15, 0.2) is 0 Å². The van der Waals surface area contributed by atoms with Gasteiger partial charge in [0.25, 0.3) is 0 Å². The quantitative estimate of drug-likeness (QED) is 0.641. The van der Waals surface area contributed by atoms with E-state index < -0.39 is 0 Å². The molecule has 3 aliphatic heterocycles. The first-order valence-electron chi connectivity index (χ1n) is 8.21. The van der Waals surface area contributed by atoms with Gasteiger partial charge in [-0.2, -0.15) is 0 Å². The van der Waals surface area contributed by atoms with E-state index >= 15 is 0 Å². The minimum Gasteiger partial charge on any atom is -0.390 e. The van der Waals surface area contributed by atoms with Crippen molar-refractivity contribution in [1.82, 2.24) is 25.2 Å². The van der Waals surface area contributed by atoms with Gasteiger partial charge in [0, 0.05) is 26.2 Å². The lowest BCUT2D eigenvalue weighted by Crippen LogP contribution is -2.58. The molecule has 1 unspecified atom stereocenters. The summed E-state index contributed by atoms with van der Waals surface area (Å²) >= 11 is 0. The predicted octanol–water partition coefficient (Wildman–Crippen LogP) is -0.757. The van der Waals surface area contributed by atoms with Crippen molar-refractivity contribution in [3.8, 4) is 0 Å². The van der Waals surface area contributed by atoms with Crippen LogP contribution in [0, 0.1) is 11.8 Å².